The number of pyridine rings is 1. The van der Waals surface area contributed by atoms with Crippen molar-refractivity contribution in [3.05, 3.63) is 48.4 Å². The minimum atomic E-state index is -4.72. The van der Waals surface area contributed by atoms with Crippen molar-refractivity contribution in [2.75, 3.05) is 18.1 Å². The second-order valence-corrected chi connectivity index (χ2v) is 5.34. The Balaban J connectivity index is 1.80. The average molecular weight is 364 g/mol. The van der Waals surface area contributed by atoms with Crippen LogP contribution in [0.4, 0.5) is 24.9 Å². The number of halogens is 3. The SMILES string of the molecule is Nc1nc(N)c(C(F)(F)F)c(-c2ccc(OCCn3cccc3)nc2)n1. The van der Waals surface area contributed by atoms with Gasteiger partial charge in [0.05, 0.1) is 12.2 Å². The van der Waals surface area contributed by atoms with Gasteiger partial charge >= 0.3 is 6.18 Å². The van der Waals surface area contributed by atoms with Crippen molar-refractivity contribution >= 4 is 11.8 Å². The lowest BCUT2D eigenvalue weighted by molar-refractivity contribution is -0.136. The Morgan fingerprint density at radius 3 is 2.42 bits per heavy atom. The first-order valence-electron chi connectivity index (χ1n) is 7.55. The molecule has 136 valence electrons. The van der Waals surface area contributed by atoms with Crippen LogP contribution in [-0.4, -0.2) is 26.1 Å². The van der Waals surface area contributed by atoms with Gasteiger partial charge in [0.1, 0.15) is 18.0 Å². The average Bonchev–Trinajstić information content (AvgIpc) is 3.07. The molecule has 0 bridgehead atoms. The van der Waals surface area contributed by atoms with Crippen molar-refractivity contribution in [3.8, 4) is 17.1 Å². The molecule has 3 heterocycles. The van der Waals surface area contributed by atoms with Crippen LogP contribution in [0.25, 0.3) is 11.3 Å². The smallest absolute Gasteiger partial charge is 0.422 e. The first kappa shape index (κ1) is 17.5. The lowest BCUT2D eigenvalue weighted by Crippen LogP contribution is -2.15. The number of nitrogen functional groups attached to an aromatic ring is 2. The van der Waals surface area contributed by atoms with Crippen LogP contribution in [0.1, 0.15) is 5.56 Å². The third kappa shape index (κ3) is 3.85. The Morgan fingerprint density at radius 1 is 1.08 bits per heavy atom. The van der Waals surface area contributed by atoms with Crippen LogP contribution >= 0.6 is 0 Å². The molecule has 0 fully saturated rings. The summed E-state index contributed by atoms with van der Waals surface area (Å²) < 4.78 is 47.2. The number of rotatable bonds is 5. The number of anilines is 2. The molecule has 0 saturated heterocycles. The van der Waals surface area contributed by atoms with E-state index < -0.39 is 23.3 Å². The molecule has 26 heavy (non-hydrogen) atoms. The van der Waals surface area contributed by atoms with Gasteiger partial charge in [0, 0.05) is 30.2 Å². The Bertz CT molecular complexity index is 878. The zero-order valence-electron chi connectivity index (χ0n) is 13.4. The second-order valence-electron chi connectivity index (χ2n) is 5.34. The summed E-state index contributed by atoms with van der Waals surface area (Å²) in [5.74, 6) is -0.797. The molecular formula is C16H15F3N6O. The molecule has 0 radical (unpaired) electrons. The molecule has 0 saturated carbocycles. The van der Waals surface area contributed by atoms with E-state index in [9.17, 15) is 13.2 Å². The van der Waals surface area contributed by atoms with E-state index in [0.717, 1.165) is 0 Å². The van der Waals surface area contributed by atoms with Gasteiger partial charge < -0.3 is 20.8 Å². The van der Waals surface area contributed by atoms with E-state index in [1.165, 1.54) is 18.3 Å². The molecule has 3 aromatic rings. The fourth-order valence-electron chi connectivity index (χ4n) is 2.37. The monoisotopic (exact) mass is 364 g/mol. The Hall–Kier alpha value is -3.30. The van der Waals surface area contributed by atoms with Gasteiger partial charge in [-0.3, -0.25) is 0 Å². The van der Waals surface area contributed by atoms with Crippen molar-refractivity contribution in [2.45, 2.75) is 12.7 Å². The summed E-state index contributed by atoms with van der Waals surface area (Å²) >= 11 is 0. The van der Waals surface area contributed by atoms with Crippen LogP contribution in [0.5, 0.6) is 5.88 Å². The Kier molecular flexibility index (Phi) is 4.65. The highest BCUT2D eigenvalue weighted by atomic mass is 19.4. The molecule has 0 aliphatic heterocycles. The van der Waals surface area contributed by atoms with Crippen molar-refractivity contribution in [1.29, 1.82) is 0 Å². The third-order valence-electron chi connectivity index (χ3n) is 3.51. The largest absolute Gasteiger partial charge is 0.476 e. The molecule has 3 rings (SSSR count). The van der Waals surface area contributed by atoms with Gasteiger partial charge in [-0.1, -0.05) is 0 Å². The lowest BCUT2D eigenvalue weighted by Gasteiger charge is -2.14. The maximum Gasteiger partial charge on any atom is 0.422 e. The van der Waals surface area contributed by atoms with E-state index in [-0.39, 0.29) is 17.4 Å². The van der Waals surface area contributed by atoms with Crippen LogP contribution in [0.2, 0.25) is 0 Å². The molecular weight excluding hydrogens is 349 g/mol. The number of aromatic nitrogens is 4. The molecule has 7 nitrogen and oxygen atoms in total. The highest BCUT2D eigenvalue weighted by molar-refractivity contribution is 5.69. The summed E-state index contributed by atoms with van der Waals surface area (Å²) in [6, 6.07) is 6.66. The molecule has 0 amide bonds. The van der Waals surface area contributed by atoms with Crippen molar-refractivity contribution in [2.24, 2.45) is 0 Å². The van der Waals surface area contributed by atoms with Gasteiger partial charge in [-0.05, 0) is 18.2 Å². The van der Waals surface area contributed by atoms with E-state index in [4.69, 9.17) is 16.2 Å². The van der Waals surface area contributed by atoms with Crippen LogP contribution in [0.15, 0.2) is 42.9 Å². The highest BCUT2D eigenvalue weighted by Crippen LogP contribution is 2.39. The number of nitrogens with zero attached hydrogens (tertiary/aromatic N) is 4. The molecule has 0 aliphatic carbocycles. The molecule has 0 aliphatic rings. The summed E-state index contributed by atoms with van der Waals surface area (Å²) in [4.78, 5) is 11.1. The first-order valence-corrected chi connectivity index (χ1v) is 7.55. The van der Waals surface area contributed by atoms with E-state index >= 15 is 0 Å². The summed E-state index contributed by atoms with van der Waals surface area (Å²) in [5.41, 5.74) is 9.36. The molecule has 10 heteroatoms. The zero-order valence-corrected chi connectivity index (χ0v) is 13.4. The van der Waals surface area contributed by atoms with E-state index in [2.05, 4.69) is 15.0 Å². The second kappa shape index (κ2) is 6.90. The van der Waals surface area contributed by atoms with Crippen LogP contribution in [0.3, 0.4) is 0 Å². The van der Waals surface area contributed by atoms with E-state index in [1.807, 2.05) is 29.1 Å². The van der Waals surface area contributed by atoms with Gasteiger partial charge in [-0.2, -0.15) is 18.2 Å². The fraction of sp³-hybridized carbons (Fsp3) is 0.188. The van der Waals surface area contributed by atoms with Crippen LogP contribution < -0.4 is 16.2 Å². The minimum Gasteiger partial charge on any atom is -0.476 e. The first-order chi connectivity index (χ1) is 12.3. The topological polar surface area (TPSA) is 105 Å². The van der Waals surface area contributed by atoms with Crippen LogP contribution in [-0.2, 0) is 12.7 Å². The van der Waals surface area contributed by atoms with Gasteiger partial charge in [-0.25, -0.2) is 9.97 Å². The summed E-state index contributed by atoms with van der Waals surface area (Å²) in [7, 11) is 0. The predicted octanol–water partition coefficient (Wildman–Crippen LogP) is 2.60. The van der Waals surface area contributed by atoms with Crippen molar-refractivity contribution in [3.63, 3.8) is 0 Å². The maximum atomic E-state index is 13.3. The summed E-state index contributed by atoms with van der Waals surface area (Å²) in [6.45, 7) is 0.982. The number of nitrogens with two attached hydrogens (primary N) is 2. The lowest BCUT2D eigenvalue weighted by atomic mass is 10.1. The van der Waals surface area contributed by atoms with Crippen LogP contribution in [0, 0.1) is 0 Å². The molecule has 0 aromatic carbocycles. The number of ether oxygens (including phenoxy) is 1. The minimum absolute atomic E-state index is 0.107. The maximum absolute atomic E-state index is 13.3. The van der Waals surface area contributed by atoms with E-state index in [0.29, 0.717) is 13.2 Å². The quantitative estimate of drug-likeness (QED) is 0.721. The molecule has 0 spiro atoms. The highest BCUT2D eigenvalue weighted by Gasteiger charge is 2.38. The number of alkyl halides is 3. The summed E-state index contributed by atoms with van der Waals surface area (Å²) in [6.07, 6.45) is 0.283. The predicted molar refractivity (Wildman–Crippen MR) is 89.0 cm³/mol. The van der Waals surface area contributed by atoms with Gasteiger partial charge in [0.2, 0.25) is 11.8 Å². The van der Waals surface area contributed by atoms with Gasteiger partial charge in [0.15, 0.2) is 0 Å². The molecule has 0 atom stereocenters. The van der Waals surface area contributed by atoms with Crippen molar-refractivity contribution in [1.82, 2.24) is 19.5 Å². The molecule has 4 N–H and O–H groups in total. The van der Waals surface area contributed by atoms with E-state index in [1.54, 1.807) is 0 Å². The summed E-state index contributed by atoms with van der Waals surface area (Å²) in [5, 5.41) is 0. The number of hydrogen-bond acceptors (Lipinski definition) is 6. The number of hydrogen-bond donors (Lipinski definition) is 2. The standard InChI is InChI=1S/C16H15F3N6O/c17-16(18,19)12-13(23-15(21)24-14(12)20)10-3-4-11(22-9-10)26-8-7-25-5-1-2-6-25/h1-6,9H,7-8H2,(H4,20,21,23,24). The van der Waals surface area contributed by atoms with Gasteiger partial charge in [-0.15, -0.1) is 0 Å². The normalized spacial score (nSPS) is 11.5. The van der Waals surface area contributed by atoms with Crippen molar-refractivity contribution < 1.29 is 17.9 Å². The Morgan fingerprint density at radius 2 is 1.81 bits per heavy atom. The Labute approximate surface area is 146 Å². The molecule has 0 unspecified atom stereocenters. The fourth-order valence-corrected chi connectivity index (χ4v) is 2.37. The zero-order chi connectivity index (χ0) is 18.7. The molecule has 3 aromatic heterocycles. The third-order valence-corrected chi connectivity index (χ3v) is 3.51. The van der Waals surface area contributed by atoms with Gasteiger partial charge in [0.25, 0.3) is 0 Å².